The average Bonchev–Trinajstić information content (AvgIpc) is 2.44. The van der Waals surface area contributed by atoms with Crippen molar-refractivity contribution in [2.45, 2.75) is 40.0 Å². The molecule has 0 saturated heterocycles. The fraction of sp³-hybridized carbons (Fsp3) is 0.929. The van der Waals surface area contributed by atoms with Crippen molar-refractivity contribution in [3.8, 4) is 0 Å². The second kappa shape index (κ2) is 22.5. The van der Waals surface area contributed by atoms with Crippen LogP contribution in [0.4, 0.5) is 0 Å². The van der Waals surface area contributed by atoms with Crippen molar-refractivity contribution < 1.29 is 23.7 Å². The number of rotatable bonds is 13. The van der Waals surface area contributed by atoms with Crippen LogP contribution >= 0.6 is 0 Å². The van der Waals surface area contributed by atoms with Crippen molar-refractivity contribution in [3.05, 3.63) is 0 Å². The second-order valence-corrected chi connectivity index (χ2v) is 3.68. The van der Waals surface area contributed by atoms with Crippen LogP contribution in [-0.4, -0.2) is 52.7 Å². The zero-order valence-electron chi connectivity index (χ0n) is 12.7. The van der Waals surface area contributed by atoms with Crippen LogP contribution in [0, 0.1) is 0 Å². The van der Waals surface area contributed by atoms with Crippen molar-refractivity contribution in [1.29, 1.82) is 0 Å². The minimum absolute atomic E-state index is 0.496. The molecule has 0 saturated carbocycles. The van der Waals surface area contributed by atoms with Crippen LogP contribution in [-0.2, 0) is 23.7 Å². The Morgan fingerprint density at radius 2 is 1.26 bits per heavy atom. The summed E-state index contributed by atoms with van der Waals surface area (Å²) < 4.78 is 19.8. The molecule has 5 heteroatoms. The van der Waals surface area contributed by atoms with E-state index in [1.807, 2.05) is 13.8 Å². The van der Waals surface area contributed by atoms with E-state index in [-0.39, 0.29) is 0 Å². The van der Waals surface area contributed by atoms with Crippen molar-refractivity contribution >= 4 is 6.47 Å². The number of carbonyl (C=O) groups is 1. The first-order chi connectivity index (χ1) is 9.33. The molecule has 19 heavy (non-hydrogen) atoms. The van der Waals surface area contributed by atoms with E-state index in [1.165, 1.54) is 6.42 Å². The van der Waals surface area contributed by atoms with E-state index in [2.05, 4.69) is 11.7 Å². The quantitative estimate of drug-likeness (QED) is 0.382. The van der Waals surface area contributed by atoms with Gasteiger partial charge in [-0.25, -0.2) is 0 Å². The van der Waals surface area contributed by atoms with Gasteiger partial charge in [0.1, 0.15) is 0 Å². The van der Waals surface area contributed by atoms with Gasteiger partial charge in [-0.2, -0.15) is 0 Å². The van der Waals surface area contributed by atoms with Crippen LogP contribution < -0.4 is 0 Å². The molecule has 0 atom stereocenters. The third kappa shape index (κ3) is 26.8. The minimum Gasteiger partial charge on any atom is -0.468 e. The van der Waals surface area contributed by atoms with E-state index in [0.717, 1.165) is 26.1 Å². The number of hydrogen-bond donors (Lipinski definition) is 0. The monoisotopic (exact) mass is 278 g/mol. The minimum atomic E-state index is 0.496. The average molecular weight is 278 g/mol. The lowest BCUT2D eigenvalue weighted by Crippen LogP contribution is -2.08. The molecule has 0 spiro atoms. The van der Waals surface area contributed by atoms with E-state index in [9.17, 15) is 4.79 Å². The van der Waals surface area contributed by atoms with Crippen molar-refractivity contribution in [3.63, 3.8) is 0 Å². The zero-order valence-corrected chi connectivity index (χ0v) is 12.7. The third-order valence-corrected chi connectivity index (χ3v) is 2.09. The number of carbonyl (C=O) groups excluding carboxylic acids is 1. The van der Waals surface area contributed by atoms with E-state index in [1.54, 1.807) is 0 Å². The fourth-order valence-electron chi connectivity index (χ4n) is 1.11. The molecular formula is C14H30O5. The normalized spacial score (nSPS) is 9.63. The lowest BCUT2D eigenvalue weighted by Gasteiger charge is -2.03. The molecule has 0 aromatic rings. The molecule has 0 aliphatic heterocycles. The van der Waals surface area contributed by atoms with Crippen LogP contribution in [0.3, 0.4) is 0 Å². The van der Waals surface area contributed by atoms with Crippen LogP contribution in [0.25, 0.3) is 0 Å². The maximum Gasteiger partial charge on any atom is 0.293 e. The first-order valence-corrected chi connectivity index (χ1v) is 7.11. The molecule has 0 aromatic heterocycles. The summed E-state index contributed by atoms with van der Waals surface area (Å²) in [6.45, 7) is 11.4. The highest BCUT2D eigenvalue weighted by Crippen LogP contribution is 1.92. The van der Waals surface area contributed by atoms with E-state index < -0.39 is 0 Å². The highest BCUT2D eigenvalue weighted by molar-refractivity contribution is 5.36. The molecule has 0 amide bonds. The van der Waals surface area contributed by atoms with E-state index in [0.29, 0.717) is 39.5 Å². The molecule has 116 valence electrons. The number of ether oxygens (including phenoxy) is 4. The molecule has 0 bridgehead atoms. The summed E-state index contributed by atoms with van der Waals surface area (Å²) in [5, 5.41) is 0. The lowest BCUT2D eigenvalue weighted by molar-refractivity contribution is -0.128. The Kier molecular flexibility index (Phi) is 24.5. The summed E-state index contributed by atoms with van der Waals surface area (Å²) in [4.78, 5) is 9.55. The smallest absolute Gasteiger partial charge is 0.293 e. The maximum atomic E-state index is 9.55. The van der Waals surface area contributed by atoms with E-state index >= 15 is 0 Å². The molecule has 0 aromatic carbocycles. The van der Waals surface area contributed by atoms with Gasteiger partial charge in [0.2, 0.25) is 0 Å². The van der Waals surface area contributed by atoms with Gasteiger partial charge in [-0.15, -0.1) is 0 Å². The first kappa shape index (κ1) is 20.7. The molecule has 0 aliphatic rings. The van der Waals surface area contributed by atoms with Gasteiger partial charge < -0.3 is 18.9 Å². The van der Waals surface area contributed by atoms with Gasteiger partial charge in [-0.3, -0.25) is 4.79 Å². The second-order valence-electron chi connectivity index (χ2n) is 3.68. The third-order valence-electron chi connectivity index (χ3n) is 2.09. The summed E-state index contributed by atoms with van der Waals surface area (Å²) in [7, 11) is 0. The Bertz CT molecular complexity index is 145. The Hall–Kier alpha value is -0.650. The molecule has 0 fully saturated rings. The first-order valence-electron chi connectivity index (χ1n) is 7.11. The molecule has 0 N–H and O–H groups in total. The fourth-order valence-corrected chi connectivity index (χ4v) is 1.11. The molecule has 0 rings (SSSR count). The van der Waals surface area contributed by atoms with Crippen LogP contribution in [0.2, 0.25) is 0 Å². The van der Waals surface area contributed by atoms with Crippen LogP contribution in [0.1, 0.15) is 40.0 Å². The van der Waals surface area contributed by atoms with Gasteiger partial charge in [0, 0.05) is 13.2 Å². The summed E-state index contributed by atoms with van der Waals surface area (Å²) in [5.41, 5.74) is 0. The Morgan fingerprint density at radius 1 is 0.737 bits per heavy atom. The number of hydrogen-bond acceptors (Lipinski definition) is 5. The Labute approximate surface area is 117 Å². The molecule has 0 heterocycles. The molecule has 0 aliphatic carbocycles. The van der Waals surface area contributed by atoms with Crippen molar-refractivity contribution in [1.82, 2.24) is 0 Å². The summed E-state index contributed by atoms with van der Waals surface area (Å²) >= 11 is 0. The Balaban J connectivity index is 0. The maximum absolute atomic E-state index is 9.55. The molecule has 0 unspecified atom stereocenters. The summed E-state index contributed by atoms with van der Waals surface area (Å²) in [5.74, 6) is 0. The lowest BCUT2D eigenvalue weighted by atomic mass is 10.3. The Morgan fingerprint density at radius 3 is 1.68 bits per heavy atom. The summed E-state index contributed by atoms with van der Waals surface area (Å²) in [6.07, 6.45) is 3.31. The van der Waals surface area contributed by atoms with Crippen LogP contribution in [0.5, 0.6) is 0 Å². The summed E-state index contributed by atoms with van der Waals surface area (Å²) in [6, 6.07) is 0. The highest BCUT2D eigenvalue weighted by atomic mass is 16.5. The van der Waals surface area contributed by atoms with Gasteiger partial charge in [0.05, 0.1) is 33.0 Å². The predicted molar refractivity (Wildman–Crippen MR) is 75.3 cm³/mol. The van der Waals surface area contributed by atoms with Gasteiger partial charge >= 0.3 is 0 Å². The molecular weight excluding hydrogens is 248 g/mol. The highest BCUT2D eigenvalue weighted by Gasteiger charge is 1.87. The molecule has 5 nitrogen and oxygen atoms in total. The largest absolute Gasteiger partial charge is 0.468 e. The van der Waals surface area contributed by atoms with Crippen molar-refractivity contribution in [2.24, 2.45) is 0 Å². The standard InChI is InChI=1S/C8H18O3.C6H12O2/c1-3-9-5-7-11-8-6-10-4-2;1-2-3-4-5-8-6-7/h3-8H2,1-2H3;6H,2-5H2,1H3. The van der Waals surface area contributed by atoms with Gasteiger partial charge in [0.25, 0.3) is 6.47 Å². The SMILES string of the molecule is CCCCCOC=O.CCOCCOCCOCC. The topological polar surface area (TPSA) is 54.0 Å². The number of unbranched alkanes of at least 4 members (excludes halogenated alkanes) is 2. The van der Waals surface area contributed by atoms with Crippen molar-refractivity contribution in [2.75, 3.05) is 46.2 Å². The van der Waals surface area contributed by atoms with E-state index in [4.69, 9.17) is 14.2 Å². The predicted octanol–water partition coefficient (Wildman–Crippen LogP) is 2.43. The van der Waals surface area contributed by atoms with Gasteiger partial charge in [-0.1, -0.05) is 19.8 Å². The van der Waals surface area contributed by atoms with Gasteiger partial charge in [0.15, 0.2) is 0 Å². The molecule has 0 radical (unpaired) electrons. The van der Waals surface area contributed by atoms with Crippen LogP contribution in [0.15, 0.2) is 0 Å². The zero-order chi connectivity index (χ0) is 14.6. The van der Waals surface area contributed by atoms with Gasteiger partial charge in [-0.05, 0) is 20.3 Å².